The first-order valence-corrected chi connectivity index (χ1v) is 2.23. The molecule has 0 heterocycles. The van der Waals surface area contributed by atoms with Crippen LogP contribution in [0.1, 0.15) is 6.42 Å². The molecule has 7 heavy (non-hydrogen) atoms. The average molecular weight is 95.1 g/mol. The molecule has 0 spiro atoms. The summed E-state index contributed by atoms with van der Waals surface area (Å²) in [6.45, 7) is 0. The van der Waals surface area contributed by atoms with Crippen LogP contribution in [0.5, 0.6) is 0 Å². The number of carbonyl (C=O) groups is 1. The molecule has 1 saturated carbocycles. The highest BCUT2D eigenvalue weighted by Crippen LogP contribution is 2.35. The van der Waals surface area contributed by atoms with Crippen LogP contribution in [-0.2, 0) is 4.79 Å². The van der Waals surface area contributed by atoms with E-state index in [1.54, 1.807) is 0 Å². The normalized spacial score (nSPS) is 36.4. The lowest BCUT2D eigenvalue weighted by atomic mass is 10.4. The van der Waals surface area contributed by atoms with Crippen molar-refractivity contribution in [1.82, 2.24) is 0 Å². The van der Waals surface area contributed by atoms with Gasteiger partial charge in [0, 0.05) is 5.92 Å². The molecule has 0 radical (unpaired) electrons. The van der Waals surface area contributed by atoms with Crippen molar-refractivity contribution in [2.75, 3.05) is 0 Å². The van der Waals surface area contributed by atoms with Gasteiger partial charge >= 0.3 is 0 Å². The van der Waals surface area contributed by atoms with E-state index in [0.717, 1.165) is 12.7 Å². The number of hydrogen-bond acceptors (Lipinski definition) is 2. The zero-order valence-corrected chi connectivity index (χ0v) is 3.79. The molecule has 36 valence electrons. The number of hydrogen-bond donors (Lipinski definition) is 0. The third kappa shape index (κ3) is 0.614. The number of nitrogens with zero attached hydrogens (tertiary/aromatic N) is 1. The molecule has 0 unspecified atom stereocenters. The van der Waals surface area contributed by atoms with E-state index in [4.69, 9.17) is 5.26 Å². The number of carbonyl (C=O) groups excluding carboxylic acids is 1. The topological polar surface area (TPSA) is 40.9 Å². The summed E-state index contributed by atoms with van der Waals surface area (Å²) in [6, 6.07) is 2.01. The molecule has 0 N–H and O–H groups in total. The zero-order valence-electron chi connectivity index (χ0n) is 3.79. The van der Waals surface area contributed by atoms with Crippen molar-refractivity contribution in [3.05, 3.63) is 0 Å². The molecule has 0 aliphatic heterocycles. The van der Waals surface area contributed by atoms with Crippen LogP contribution in [0.25, 0.3) is 0 Å². The zero-order chi connectivity index (χ0) is 5.28. The predicted octanol–water partition coefficient (Wildman–Crippen LogP) is 0.345. The summed E-state index contributed by atoms with van der Waals surface area (Å²) in [5, 5.41) is 8.10. The lowest BCUT2D eigenvalue weighted by molar-refractivity contribution is -0.108. The second-order valence-electron chi connectivity index (χ2n) is 1.77. The first kappa shape index (κ1) is 4.32. The van der Waals surface area contributed by atoms with Crippen molar-refractivity contribution in [2.45, 2.75) is 6.42 Å². The van der Waals surface area contributed by atoms with Crippen LogP contribution in [0.15, 0.2) is 0 Å². The monoisotopic (exact) mass is 95.0 g/mol. The lowest BCUT2D eigenvalue weighted by Crippen LogP contribution is -1.76. The van der Waals surface area contributed by atoms with Crippen molar-refractivity contribution in [3.8, 4) is 6.07 Å². The molecule has 0 aromatic heterocycles. The fourth-order valence-electron chi connectivity index (χ4n) is 0.513. The van der Waals surface area contributed by atoms with Crippen molar-refractivity contribution in [3.63, 3.8) is 0 Å². The van der Waals surface area contributed by atoms with Gasteiger partial charge in [-0.1, -0.05) is 0 Å². The van der Waals surface area contributed by atoms with Crippen LogP contribution in [-0.4, -0.2) is 6.29 Å². The van der Waals surface area contributed by atoms with Crippen LogP contribution in [0.3, 0.4) is 0 Å². The van der Waals surface area contributed by atoms with E-state index in [1.807, 2.05) is 6.07 Å². The molecule has 0 saturated heterocycles. The Morgan fingerprint density at radius 1 is 1.86 bits per heavy atom. The Balaban J connectivity index is 2.34. The minimum absolute atomic E-state index is 0.0532. The predicted molar refractivity (Wildman–Crippen MR) is 23.3 cm³/mol. The fourth-order valence-corrected chi connectivity index (χ4v) is 0.513. The molecule has 2 heteroatoms. The fraction of sp³-hybridized carbons (Fsp3) is 0.600. The van der Waals surface area contributed by atoms with Gasteiger partial charge < -0.3 is 4.79 Å². The highest BCUT2D eigenvalue weighted by Gasteiger charge is 2.36. The van der Waals surface area contributed by atoms with E-state index in [9.17, 15) is 4.79 Å². The van der Waals surface area contributed by atoms with Gasteiger partial charge in [0.15, 0.2) is 0 Å². The van der Waals surface area contributed by atoms with E-state index < -0.39 is 0 Å². The summed E-state index contributed by atoms with van der Waals surface area (Å²) >= 11 is 0. The SMILES string of the molecule is N#C[C@@H]1C[C@@H]1C=O. The molecular formula is C5H5NO. The highest BCUT2D eigenvalue weighted by atomic mass is 16.1. The van der Waals surface area contributed by atoms with Gasteiger partial charge in [-0.25, -0.2) is 0 Å². The first-order valence-electron chi connectivity index (χ1n) is 2.23. The second kappa shape index (κ2) is 1.34. The van der Waals surface area contributed by atoms with Gasteiger partial charge in [-0.15, -0.1) is 0 Å². The van der Waals surface area contributed by atoms with Gasteiger partial charge in [-0.05, 0) is 6.42 Å². The van der Waals surface area contributed by atoms with E-state index >= 15 is 0 Å². The van der Waals surface area contributed by atoms with Gasteiger partial charge in [0.05, 0.1) is 12.0 Å². The van der Waals surface area contributed by atoms with Gasteiger partial charge in [-0.3, -0.25) is 0 Å². The summed E-state index contributed by atoms with van der Waals surface area (Å²) in [4.78, 5) is 9.79. The van der Waals surface area contributed by atoms with Crippen LogP contribution in [0.2, 0.25) is 0 Å². The van der Waals surface area contributed by atoms with Crippen LogP contribution >= 0.6 is 0 Å². The van der Waals surface area contributed by atoms with Crippen LogP contribution in [0.4, 0.5) is 0 Å². The number of nitriles is 1. The van der Waals surface area contributed by atoms with Gasteiger partial charge in [0.1, 0.15) is 6.29 Å². The molecule has 1 aliphatic rings. The van der Waals surface area contributed by atoms with Crippen molar-refractivity contribution in [1.29, 1.82) is 5.26 Å². The Morgan fingerprint density at radius 3 is 2.71 bits per heavy atom. The molecule has 2 nitrogen and oxygen atoms in total. The van der Waals surface area contributed by atoms with Crippen molar-refractivity contribution < 1.29 is 4.79 Å². The Labute approximate surface area is 41.7 Å². The molecule has 1 aliphatic carbocycles. The third-order valence-corrected chi connectivity index (χ3v) is 1.18. The van der Waals surface area contributed by atoms with Gasteiger partial charge in [0.25, 0.3) is 0 Å². The van der Waals surface area contributed by atoms with Crippen molar-refractivity contribution >= 4 is 6.29 Å². The largest absolute Gasteiger partial charge is 0.303 e. The maximum atomic E-state index is 9.79. The summed E-state index contributed by atoms with van der Waals surface area (Å²) in [7, 11) is 0. The summed E-state index contributed by atoms with van der Waals surface area (Å²) < 4.78 is 0. The van der Waals surface area contributed by atoms with E-state index in [2.05, 4.69) is 0 Å². The Hall–Kier alpha value is -0.840. The first-order chi connectivity index (χ1) is 3.38. The molecular weight excluding hydrogens is 90.1 g/mol. The molecule has 0 aromatic carbocycles. The van der Waals surface area contributed by atoms with E-state index in [-0.39, 0.29) is 11.8 Å². The molecule has 1 rings (SSSR count). The summed E-state index contributed by atoms with van der Waals surface area (Å²) in [5.41, 5.74) is 0. The molecule has 0 amide bonds. The standard InChI is InChI=1S/C5H5NO/c6-2-4-1-5(4)3-7/h3-5H,1H2/t4-,5+/m0/s1. The smallest absolute Gasteiger partial charge is 0.124 e. The third-order valence-electron chi connectivity index (χ3n) is 1.18. The van der Waals surface area contributed by atoms with Crippen LogP contribution < -0.4 is 0 Å². The maximum absolute atomic E-state index is 9.79. The van der Waals surface area contributed by atoms with Crippen molar-refractivity contribution in [2.24, 2.45) is 11.8 Å². The lowest BCUT2D eigenvalue weighted by Gasteiger charge is -1.65. The van der Waals surface area contributed by atoms with Gasteiger partial charge in [-0.2, -0.15) is 5.26 Å². The number of aldehydes is 1. The van der Waals surface area contributed by atoms with Crippen LogP contribution in [0, 0.1) is 23.2 Å². The molecule has 0 bridgehead atoms. The Kier molecular flexibility index (Phi) is 0.828. The number of rotatable bonds is 1. The second-order valence-corrected chi connectivity index (χ2v) is 1.77. The van der Waals surface area contributed by atoms with Gasteiger partial charge in [0.2, 0.25) is 0 Å². The maximum Gasteiger partial charge on any atom is 0.124 e. The average Bonchev–Trinajstić information content (AvgIpc) is 2.43. The summed E-state index contributed by atoms with van der Waals surface area (Å²) in [5.74, 6) is 0.127. The molecule has 2 atom stereocenters. The molecule has 0 aromatic rings. The minimum Gasteiger partial charge on any atom is -0.303 e. The Bertz CT molecular complexity index is 125. The minimum atomic E-state index is 0.0532. The van der Waals surface area contributed by atoms with E-state index in [0.29, 0.717) is 0 Å². The highest BCUT2D eigenvalue weighted by molar-refractivity contribution is 5.59. The van der Waals surface area contributed by atoms with E-state index in [1.165, 1.54) is 0 Å². The molecule has 1 fully saturated rings. The quantitative estimate of drug-likeness (QED) is 0.441. The Morgan fingerprint density at radius 2 is 2.57 bits per heavy atom. The summed E-state index contributed by atoms with van der Waals surface area (Å²) in [6.07, 6.45) is 1.65.